The van der Waals surface area contributed by atoms with E-state index in [0.29, 0.717) is 18.2 Å². The lowest BCUT2D eigenvalue weighted by atomic mass is 10.1. The van der Waals surface area contributed by atoms with Crippen molar-refractivity contribution in [2.45, 2.75) is 25.8 Å². The van der Waals surface area contributed by atoms with Crippen LogP contribution in [0, 0.1) is 5.82 Å². The first-order valence-electron chi connectivity index (χ1n) is 6.52. The summed E-state index contributed by atoms with van der Waals surface area (Å²) >= 11 is 5.97. The second kappa shape index (κ2) is 5.38. The molecule has 20 heavy (non-hydrogen) atoms. The molecule has 0 aliphatic heterocycles. The molecule has 0 radical (unpaired) electrons. The highest BCUT2D eigenvalue weighted by molar-refractivity contribution is 6.32. The van der Waals surface area contributed by atoms with Crippen molar-refractivity contribution in [2.75, 3.05) is 0 Å². The van der Waals surface area contributed by atoms with Crippen LogP contribution in [0.25, 0.3) is 0 Å². The summed E-state index contributed by atoms with van der Waals surface area (Å²) < 4.78 is 18.8. The number of nitrogens with two attached hydrogens (primary N) is 1. The number of fused-ring (bicyclic) bond motifs is 1. The quantitative estimate of drug-likeness (QED) is 0.940. The van der Waals surface area contributed by atoms with Crippen LogP contribution in [-0.4, -0.2) is 4.98 Å². The summed E-state index contributed by atoms with van der Waals surface area (Å²) in [5.74, 6) is 0.443. The van der Waals surface area contributed by atoms with Crippen LogP contribution in [0.2, 0.25) is 5.02 Å². The predicted octanol–water partition coefficient (Wildman–Crippen LogP) is 3.61. The second-order valence-corrected chi connectivity index (χ2v) is 5.20. The number of ether oxygens (including phenoxy) is 1. The Bertz CT molecular complexity index is 661. The van der Waals surface area contributed by atoms with Crippen molar-refractivity contribution in [1.29, 1.82) is 0 Å². The first kappa shape index (κ1) is 13.3. The lowest BCUT2D eigenvalue weighted by Gasteiger charge is -2.12. The maximum Gasteiger partial charge on any atom is 0.224 e. The van der Waals surface area contributed by atoms with E-state index in [2.05, 4.69) is 4.98 Å². The molecule has 0 fully saturated rings. The minimum Gasteiger partial charge on any atom is -0.437 e. The highest BCUT2D eigenvalue weighted by Gasteiger charge is 2.17. The third-order valence-corrected chi connectivity index (χ3v) is 3.71. The van der Waals surface area contributed by atoms with Gasteiger partial charge >= 0.3 is 0 Å². The molecule has 0 atom stereocenters. The van der Waals surface area contributed by atoms with Crippen molar-refractivity contribution in [3.63, 3.8) is 0 Å². The highest BCUT2D eigenvalue weighted by atomic mass is 35.5. The van der Waals surface area contributed by atoms with Gasteiger partial charge in [0.25, 0.3) is 0 Å². The Morgan fingerprint density at radius 1 is 1.30 bits per heavy atom. The van der Waals surface area contributed by atoms with E-state index >= 15 is 0 Å². The van der Waals surface area contributed by atoms with Gasteiger partial charge in [-0.1, -0.05) is 11.6 Å². The molecule has 0 spiro atoms. The number of benzene rings is 1. The number of hydrogen-bond acceptors (Lipinski definition) is 3. The van der Waals surface area contributed by atoms with Gasteiger partial charge in [-0.3, -0.25) is 0 Å². The van der Waals surface area contributed by atoms with E-state index in [1.807, 2.05) is 6.07 Å². The molecular formula is C15H14ClFN2O. The lowest BCUT2D eigenvalue weighted by Crippen LogP contribution is -2.04. The predicted molar refractivity (Wildman–Crippen MR) is 75.6 cm³/mol. The molecule has 0 unspecified atom stereocenters. The van der Waals surface area contributed by atoms with E-state index in [9.17, 15) is 4.39 Å². The Morgan fingerprint density at radius 3 is 2.90 bits per heavy atom. The Kier molecular flexibility index (Phi) is 3.59. The summed E-state index contributed by atoms with van der Waals surface area (Å²) in [5.41, 5.74) is 8.88. The number of halogens is 2. The number of hydrogen-bond donors (Lipinski definition) is 1. The van der Waals surface area contributed by atoms with Crippen LogP contribution in [0.3, 0.4) is 0 Å². The Morgan fingerprint density at radius 2 is 2.15 bits per heavy atom. The second-order valence-electron chi connectivity index (χ2n) is 4.79. The molecule has 1 aromatic carbocycles. The molecule has 104 valence electrons. The Hall–Kier alpha value is -1.65. The third kappa shape index (κ3) is 2.49. The molecule has 3 rings (SSSR count). The zero-order chi connectivity index (χ0) is 14.1. The number of nitrogens with zero attached hydrogens (tertiary/aromatic N) is 1. The van der Waals surface area contributed by atoms with Crippen LogP contribution in [0.1, 0.15) is 23.2 Å². The average Bonchev–Trinajstić information content (AvgIpc) is 2.88. The minimum atomic E-state index is -0.400. The van der Waals surface area contributed by atoms with Crippen LogP contribution >= 0.6 is 11.6 Å². The largest absolute Gasteiger partial charge is 0.437 e. The van der Waals surface area contributed by atoms with Gasteiger partial charge in [0.05, 0.1) is 5.02 Å². The van der Waals surface area contributed by atoms with Crippen molar-refractivity contribution in [2.24, 2.45) is 5.73 Å². The molecule has 2 aromatic rings. The lowest BCUT2D eigenvalue weighted by molar-refractivity contribution is 0.453. The van der Waals surface area contributed by atoms with Crippen LogP contribution in [-0.2, 0) is 19.4 Å². The van der Waals surface area contributed by atoms with Crippen molar-refractivity contribution in [3.05, 3.63) is 51.9 Å². The number of pyridine rings is 1. The molecule has 0 saturated carbocycles. The molecule has 1 aromatic heterocycles. The van der Waals surface area contributed by atoms with Gasteiger partial charge in [0.15, 0.2) is 0 Å². The molecule has 0 saturated heterocycles. The fourth-order valence-corrected chi connectivity index (χ4v) is 2.60. The fourth-order valence-electron chi connectivity index (χ4n) is 2.40. The number of rotatable bonds is 3. The molecule has 1 aliphatic carbocycles. The third-order valence-electron chi connectivity index (χ3n) is 3.41. The first-order valence-corrected chi connectivity index (χ1v) is 6.90. The molecule has 0 bridgehead atoms. The Balaban J connectivity index is 1.97. The SMILES string of the molecule is NCc1cc2c(nc1Oc1ccc(F)cc1Cl)CCC2. The molecular weight excluding hydrogens is 279 g/mol. The topological polar surface area (TPSA) is 48.1 Å². The molecule has 1 heterocycles. The smallest absolute Gasteiger partial charge is 0.224 e. The molecule has 2 N–H and O–H groups in total. The zero-order valence-electron chi connectivity index (χ0n) is 10.8. The number of aromatic nitrogens is 1. The van der Waals surface area contributed by atoms with Crippen molar-refractivity contribution in [1.82, 2.24) is 4.98 Å². The first-order chi connectivity index (χ1) is 9.67. The van der Waals surface area contributed by atoms with E-state index < -0.39 is 5.82 Å². The maximum atomic E-state index is 13.0. The average molecular weight is 293 g/mol. The minimum absolute atomic E-state index is 0.218. The maximum absolute atomic E-state index is 13.0. The summed E-state index contributed by atoms with van der Waals surface area (Å²) in [6.45, 7) is 0.342. The van der Waals surface area contributed by atoms with Crippen LogP contribution in [0.15, 0.2) is 24.3 Å². The van der Waals surface area contributed by atoms with Crippen molar-refractivity contribution >= 4 is 11.6 Å². The van der Waals surface area contributed by atoms with E-state index in [4.69, 9.17) is 22.1 Å². The monoisotopic (exact) mass is 292 g/mol. The number of aryl methyl sites for hydroxylation is 2. The van der Waals surface area contributed by atoms with Crippen LogP contribution in [0.5, 0.6) is 11.6 Å². The van der Waals surface area contributed by atoms with Gasteiger partial charge in [0, 0.05) is 17.8 Å². The van der Waals surface area contributed by atoms with Crippen molar-refractivity contribution < 1.29 is 9.13 Å². The van der Waals surface area contributed by atoms with E-state index in [0.717, 1.165) is 30.5 Å². The molecule has 0 amide bonds. The zero-order valence-corrected chi connectivity index (χ0v) is 11.6. The highest BCUT2D eigenvalue weighted by Crippen LogP contribution is 2.33. The summed E-state index contributed by atoms with van der Waals surface area (Å²) in [4.78, 5) is 4.53. The van der Waals surface area contributed by atoms with Crippen molar-refractivity contribution in [3.8, 4) is 11.6 Å². The molecule has 3 nitrogen and oxygen atoms in total. The van der Waals surface area contributed by atoms with Gasteiger partial charge in [-0.15, -0.1) is 0 Å². The normalized spacial score (nSPS) is 13.3. The van der Waals surface area contributed by atoms with Gasteiger partial charge in [-0.2, -0.15) is 0 Å². The van der Waals surface area contributed by atoms with E-state index in [1.54, 1.807) is 0 Å². The fraction of sp³-hybridized carbons (Fsp3) is 0.267. The van der Waals surface area contributed by atoms with Crippen LogP contribution in [0.4, 0.5) is 4.39 Å². The Labute approximate surface area is 121 Å². The molecule has 5 heteroatoms. The van der Waals surface area contributed by atoms with E-state index in [-0.39, 0.29) is 5.02 Å². The van der Waals surface area contributed by atoms with Gasteiger partial charge in [0.2, 0.25) is 5.88 Å². The standard InChI is InChI=1S/C15H14ClFN2O/c16-12-7-11(17)4-5-14(12)20-15-10(8-18)6-9-2-1-3-13(9)19-15/h4-7H,1-3,8,18H2. The van der Waals surface area contributed by atoms with Gasteiger partial charge in [-0.05, 0) is 49.1 Å². The summed E-state index contributed by atoms with van der Waals surface area (Å²) in [7, 11) is 0. The molecule has 1 aliphatic rings. The summed E-state index contributed by atoms with van der Waals surface area (Å²) in [6.07, 6.45) is 3.09. The summed E-state index contributed by atoms with van der Waals surface area (Å²) in [6, 6.07) is 6.05. The van der Waals surface area contributed by atoms with Gasteiger partial charge in [0.1, 0.15) is 11.6 Å². The van der Waals surface area contributed by atoms with E-state index in [1.165, 1.54) is 23.8 Å². The van der Waals surface area contributed by atoms with Gasteiger partial charge < -0.3 is 10.5 Å². The van der Waals surface area contributed by atoms with Gasteiger partial charge in [-0.25, -0.2) is 9.37 Å². The summed E-state index contributed by atoms with van der Waals surface area (Å²) in [5, 5.41) is 0.218. The van der Waals surface area contributed by atoms with Crippen LogP contribution < -0.4 is 10.5 Å².